The molecule has 0 bridgehead atoms. The summed E-state index contributed by atoms with van der Waals surface area (Å²) in [7, 11) is 0. The first-order chi connectivity index (χ1) is 8.92. The van der Waals surface area contributed by atoms with Gasteiger partial charge in [0.05, 0.1) is 5.56 Å². The number of hydrogen-bond donors (Lipinski definition) is 1. The van der Waals surface area contributed by atoms with Crippen LogP contribution in [0.5, 0.6) is 5.75 Å². The molecule has 1 aromatic carbocycles. The molecule has 0 unspecified atom stereocenters. The van der Waals surface area contributed by atoms with Gasteiger partial charge in [0.2, 0.25) is 0 Å². The number of benzene rings is 1. The highest BCUT2D eigenvalue weighted by molar-refractivity contribution is 5.91. The van der Waals surface area contributed by atoms with E-state index in [9.17, 15) is 0 Å². The lowest BCUT2D eigenvalue weighted by Gasteiger charge is -2.11. The summed E-state index contributed by atoms with van der Waals surface area (Å²) in [6.45, 7) is 0.618. The van der Waals surface area contributed by atoms with E-state index in [4.69, 9.17) is 9.15 Å². The number of nitrogens with one attached hydrogen (secondary N) is 1. The van der Waals surface area contributed by atoms with Crippen molar-refractivity contribution in [3.63, 3.8) is 0 Å². The van der Waals surface area contributed by atoms with Crippen LogP contribution in [0.15, 0.2) is 41.0 Å². The highest BCUT2D eigenvalue weighted by atomic mass is 16.5. The number of H-pyrrole nitrogens is 1. The molecule has 1 aliphatic heterocycles. The van der Waals surface area contributed by atoms with E-state index in [0.29, 0.717) is 6.61 Å². The first kappa shape index (κ1) is 9.53. The van der Waals surface area contributed by atoms with Gasteiger partial charge in [-0.3, -0.25) is 5.10 Å². The van der Waals surface area contributed by atoms with Crippen LogP contribution in [0.4, 0.5) is 0 Å². The van der Waals surface area contributed by atoms with E-state index in [1.807, 2.05) is 36.4 Å². The maximum atomic E-state index is 5.91. The van der Waals surface area contributed by atoms with Crippen LogP contribution in [0, 0.1) is 0 Å². The Labute approximate surface area is 103 Å². The average molecular weight is 238 g/mol. The van der Waals surface area contributed by atoms with Gasteiger partial charge >= 0.3 is 0 Å². The number of aromatic amines is 1. The van der Waals surface area contributed by atoms with Crippen LogP contribution in [-0.2, 0) is 0 Å². The van der Waals surface area contributed by atoms with Crippen LogP contribution < -0.4 is 4.74 Å². The number of hydrogen-bond acceptors (Lipinski definition) is 3. The minimum absolute atomic E-state index is 0.618. The molecule has 0 saturated carbocycles. The molecule has 3 aromatic rings. The third-order valence-corrected chi connectivity index (χ3v) is 3.07. The van der Waals surface area contributed by atoms with Crippen LogP contribution in [0.1, 0.15) is 5.56 Å². The first-order valence-electron chi connectivity index (χ1n) is 5.77. The summed E-state index contributed by atoms with van der Waals surface area (Å²) >= 11 is 0. The van der Waals surface area contributed by atoms with E-state index in [1.165, 1.54) is 0 Å². The highest BCUT2D eigenvalue weighted by Crippen LogP contribution is 2.35. The number of rotatable bonds is 1. The zero-order valence-electron chi connectivity index (χ0n) is 9.51. The Morgan fingerprint density at radius 1 is 1.22 bits per heavy atom. The van der Waals surface area contributed by atoms with Crippen molar-refractivity contribution < 1.29 is 9.15 Å². The molecule has 0 fully saturated rings. The molecule has 2 aromatic heterocycles. The van der Waals surface area contributed by atoms with Crippen LogP contribution in [0.25, 0.3) is 28.5 Å². The Kier molecular flexibility index (Phi) is 1.85. The van der Waals surface area contributed by atoms with Crippen LogP contribution >= 0.6 is 0 Å². The summed E-state index contributed by atoms with van der Waals surface area (Å²) in [6.07, 6.45) is 5.74. The molecule has 1 N–H and O–H groups in total. The lowest BCUT2D eigenvalue weighted by Crippen LogP contribution is -1.99. The van der Waals surface area contributed by atoms with Gasteiger partial charge in [0.25, 0.3) is 0 Å². The molecule has 0 atom stereocenters. The average Bonchev–Trinajstić information content (AvgIpc) is 3.07. The van der Waals surface area contributed by atoms with Gasteiger partial charge in [-0.1, -0.05) is 0 Å². The third kappa shape index (κ3) is 1.29. The minimum atomic E-state index is 0.618. The van der Waals surface area contributed by atoms with E-state index in [1.54, 1.807) is 6.20 Å². The molecule has 1 aliphatic rings. The third-order valence-electron chi connectivity index (χ3n) is 3.07. The highest BCUT2D eigenvalue weighted by Gasteiger charge is 2.15. The topological polar surface area (TPSA) is 51.0 Å². The van der Waals surface area contributed by atoms with Gasteiger partial charge in [-0.05, 0) is 36.4 Å². The van der Waals surface area contributed by atoms with E-state index in [0.717, 1.165) is 33.7 Å². The lowest BCUT2D eigenvalue weighted by atomic mass is 10.1. The van der Waals surface area contributed by atoms with Crippen molar-refractivity contribution in [1.29, 1.82) is 0 Å². The fraction of sp³-hybridized carbons (Fsp3) is 0.0714. The van der Waals surface area contributed by atoms with Crippen molar-refractivity contribution in [2.45, 2.75) is 0 Å². The Hall–Kier alpha value is -2.49. The van der Waals surface area contributed by atoms with Crippen molar-refractivity contribution in [2.24, 2.45) is 0 Å². The van der Waals surface area contributed by atoms with Crippen molar-refractivity contribution >= 4 is 17.0 Å². The Bertz CT molecular complexity index is 739. The largest absolute Gasteiger partial charge is 0.489 e. The number of ether oxygens (including phenoxy) is 1. The van der Waals surface area contributed by atoms with Crippen molar-refractivity contribution in [1.82, 2.24) is 10.2 Å². The molecule has 4 nitrogen and oxygen atoms in total. The number of furan rings is 1. The molecule has 0 amide bonds. The second-order valence-corrected chi connectivity index (χ2v) is 4.19. The fourth-order valence-corrected chi connectivity index (χ4v) is 2.22. The summed E-state index contributed by atoms with van der Waals surface area (Å²) in [5, 5.41) is 7.90. The predicted octanol–water partition coefficient (Wildman–Crippen LogP) is 3.23. The first-order valence-corrected chi connectivity index (χ1v) is 5.77. The predicted molar refractivity (Wildman–Crippen MR) is 68.3 cm³/mol. The molecule has 0 saturated heterocycles. The molecular weight excluding hydrogens is 228 g/mol. The van der Waals surface area contributed by atoms with Crippen molar-refractivity contribution in [2.75, 3.05) is 6.61 Å². The minimum Gasteiger partial charge on any atom is -0.489 e. The van der Waals surface area contributed by atoms with Gasteiger partial charge in [0.15, 0.2) is 5.76 Å². The van der Waals surface area contributed by atoms with Gasteiger partial charge in [-0.25, -0.2) is 0 Å². The van der Waals surface area contributed by atoms with E-state index >= 15 is 0 Å². The molecule has 18 heavy (non-hydrogen) atoms. The summed E-state index contributed by atoms with van der Waals surface area (Å²) in [5.41, 5.74) is 2.73. The van der Waals surface area contributed by atoms with E-state index < -0.39 is 0 Å². The van der Waals surface area contributed by atoms with E-state index in [2.05, 4.69) is 10.2 Å². The molecule has 4 heteroatoms. The smallest absolute Gasteiger partial charge is 0.153 e. The van der Waals surface area contributed by atoms with Gasteiger partial charge < -0.3 is 9.15 Å². The quantitative estimate of drug-likeness (QED) is 0.708. The normalized spacial score (nSPS) is 13.6. The standard InChI is InChI=1S/C14H10N2O2/c1-2-10-12(17-7-1)4-3-9-8-13(18-14(9)10)11-5-6-15-16-11/h1-6,8H,7H2,(H,15,16). The Morgan fingerprint density at radius 2 is 2.22 bits per heavy atom. The SMILES string of the molecule is C1=Cc2c(ccc3cc(-c4ccn[nH]4)oc23)OC1. The molecule has 88 valence electrons. The van der Waals surface area contributed by atoms with Gasteiger partial charge in [-0.15, -0.1) is 0 Å². The molecule has 0 aliphatic carbocycles. The molecule has 3 heterocycles. The second kappa shape index (κ2) is 3.50. The van der Waals surface area contributed by atoms with Crippen LogP contribution in [0.2, 0.25) is 0 Å². The molecule has 0 spiro atoms. The Morgan fingerprint density at radius 3 is 3.11 bits per heavy atom. The zero-order valence-corrected chi connectivity index (χ0v) is 9.51. The fourth-order valence-electron chi connectivity index (χ4n) is 2.22. The molecular formula is C14H10N2O2. The van der Waals surface area contributed by atoms with Gasteiger partial charge in [-0.2, -0.15) is 5.10 Å². The van der Waals surface area contributed by atoms with Crippen LogP contribution in [-0.4, -0.2) is 16.8 Å². The van der Waals surface area contributed by atoms with E-state index in [-0.39, 0.29) is 0 Å². The number of aromatic nitrogens is 2. The zero-order chi connectivity index (χ0) is 11.9. The second-order valence-electron chi connectivity index (χ2n) is 4.19. The number of nitrogens with zero attached hydrogens (tertiary/aromatic N) is 1. The molecule has 4 rings (SSSR count). The molecule has 0 radical (unpaired) electrons. The maximum absolute atomic E-state index is 5.91. The van der Waals surface area contributed by atoms with Crippen molar-refractivity contribution in [3.8, 4) is 17.2 Å². The monoisotopic (exact) mass is 238 g/mol. The summed E-state index contributed by atoms with van der Waals surface area (Å²) in [4.78, 5) is 0. The summed E-state index contributed by atoms with van der Waals surface area (Å²) in [6, 6.07) is 7.88. The number of fused-ring (bicyclic) bond motifs is 3. The Balaban J connectivity index is 1.99. The van der Waals surface area contributed by atoms with Gasteiger partial charge in [0.1, 0.15) is 23.6 Å². The van der Waals surface area contributed by atoms with Crippen molar-refractivity contribution in [3.05, 3.63) is 42.1 Å². The summed E-state index contributed by atoms with van der Waals surface area (Å²) < 4.78 is 11.5. The maximum Gasteiger partial charge on any atom is 0.153 e. The van der Waals surface area contributed by atoms with Crippen LogP contribution in [0.3, 0.4) is 0 Å². The van der Waals surface area contributed by atoms with Gasteiger partial charge in [0, 0.05) is 11.6 Å². The lowest BCUT2D eigenvalue weighted by molar-refractivity contribution is 0.358. The summed E-state index contributed by atoms with van der Waals surface area (Å²) in [5.74, 6) is 1.66.